The summed E-state index contributed by atoms with van der Waals surface area (Å²) in [5.41, 5.74) is 3.12. The number of halogens is 2. The van der Waals surface area contributed by atoms with Crippen LogP contribution in [-0.2, 0) is 0 Å². The third-order valence-corrected chi connectivity index (χ3v) is 5.88. The van der Waals surface area contributed by atoms with Gasteiger partial charge in [-0.3, -0.25) is 0 Å². The Hall–Kier alpha value is -3.25. The van der Waals surface area contributed by atoms with Gasteiger partial charge in [-0.15, -0.1) is 0 Å². The minimum Gasteiger partial charge on any atom is -0.493 e. The van der Waals surface area contributed by atoms with Crippen molar-refractivity contribution in [1.82, 2.24) is 5.01 Å². The standard InChI is InChI=1S/C24H20ClFN2O3/c1-29-22-9-7-14(11-23(22)30-2)19-13-20-17-12-15(25)8-10-21(17)31-24(28(20)27-19)16-5-3-4-6-18(16)26/h3-12,20,24H,13H2,1-2H3/t20-,24+/m1/s1. The minimum atomic E-state index is -0.683. The van der Waals surface area contributed by atoms with Gasteiger partial charge in [0.15, 0.2) is 11.5 Å². The number of methoxy groups -OCH3 is 2. The van der Waals surface area contributed by atoms with Crippen LogP contribution in [0.15, 0.2) is 65.8 Å². The second-order valence-corrected chi connectivity index (χ2v) is 7.83. The highest BCUT2D eigenvalue weighted by Gasteiger charge is 2.42. The average molecular weight is 439 g/mol. The van der Waals surface area contributed by atoms with Crippen LogP contribution in [0.25, 0.3) is 0 Å². The normalized spacial score (nSPS) is 19.2. The smallest absolute Gasteiger partial charge is 0.216 e. The molecule has 158 valence electrons. The average Bonchev–Trinajstić information content (AvgIpc) is 3.24. The van der Waals surface area contributed by atoms with E-state index in [1.165, 1.54) is 6.07 Å². The minimum absolute atomic E-state index is 0.129. The molecule has 31 heavy (non-hydrogen) atoms. The van der Waals surface area contributed by atoms with Gasteiger partial charge in [0, 0.05) is 22.6 Å². The van der Waals surface area contributed by atoms with Gasteiger partial charge in [-0.05, 0) is 42.5 Å². The van der Waals surface area contributed by atoms with E-state index in [1.54, 1.807) is 38.5 Å². The molecule has 0 aromatic heterocycles. The lowest BCUT2D eigenvalue weighted by molar-refractivity contribution is -0.0211. The number of fused-ring (bicyclic) bond motifs is 3. The summed E-state index contributed by atoms with van der Waals surface area (Å²) in [5.74, 6) is 1.62. The number of nitrogens with zero attached hydrogens (tertiary/aromatic N) is 2. The molecule has 0 unspecified atom stereocenters. The van der Waals surface area contributed by atoms with Crippen molar-refractivity contribution in [1.29, 1.82) is 0 Å². The fourth-order valence-corrected chi connectivity index (χ4v) is 4.31. The van der Waals surface area contributed by atoms with E-state index in [9.17, 15) is 4.39 Å². The van der Waals surface area contributed by atoms with Crippen molar-refractivity contribution in [2.24, 2.45) is 5.10 Å². The van der Waals surface area contributed by atoms with E-state index in [1.807, 2.05) is 35.3 Å². The van der Waals surface area contributed by atoms with Gasteiger partial charge < -0.3 is 14.2 Å². The van der Waals surface area contributed by atoms with E-state index in [0.717, 1.165) is 16.8 Å². The third-order valence-electron chi connectivity index (χ3n) is 5.64. The quantitative estimate of drug-likeness (QED) is 0.521. The highest BCUT2D eigenvalue weighted by Crippen LogP contribution is 2.48. The molecule has 3 aromatic carbocycles. The largest absolute Gasteiger partial charge is 0.493 e. The predicted molar refractivity (Wildman–Crippen MR) is 117 cm³/mol. The van der Waals surface area contributed by atoms with Crippen molar-refractivity contribution >= 4 is 17.3 Å². The van der Waals surface area contributed by atoms with E-state index in [4.69, 9.17) is 30.9 Å². The second-order valence-electron chi connectivity index (χ2n) is 7.39. The molecule has 2 aliphatic rings. The van der Waals surface area contributed by atoms with Crippen molar-refractivity contribution in [3.63, 3.8) is 0 Å². The van der Waals surface area contributed by atoms with Crippen molar-refractivity contribution in [2.45, 2.75) is 18.7 Å². The van der Waals surface area contributed by atoms with Crippen LogP contribution in [0.1, 0.15) is 35.4 Å². The predicted octanol–water partition coefficient (Wildman–Crippen LogP) is 5.74. The van der Waals surface area contributed by atoms with Crippen LogP contribution in [0.3, 0.4) is 0 Å². The lowest BCUT2D eigenvalue weighted by Crippen LogP contribution is -2.34. The van der Waals surface area contributed by atoms with Gasteiger partial charge >= 0.3 is 0 Å². The summed E-state index contributed by atoms with van der Waals surface area (Å²) in [6, 6.07) is 17.7. The van der Waals surface area contributed by atoms with Crippen LogP contribution in [0, 0.1) is 5.82 Å². The zero-order chi connectivity index (χ0) is 21.5. The molecule has 2 atom stereocenters. The zero-order valence-corrected chi connectivity index (χ0v) is 17.8. The van der Waals surface area contributed by atoms with E-state index in [-0.39, 0.29) is 11.9 Å². The summed E-state index contributed by atoms with van der Waals surface area (Å²) in [7, 11) is 3.20. The molecule has 0 bridgehead atoms. The highest BCUT2D eigenvalue weighted by molar-refractivity contribution is 6.30. The Morgan fingerprint density at radius 2 is 1.81 bits per heavy atom. The molecule has 5 rings (SSSR count). The summed E-state index contributed by atoms with van der Waals surface area (Å²) in [6.45, 7) is 0. The number of ether oxygens (including phenoxy) is 3. The molecule has 0 saturated heterocycles. The van der Waals surface area contributed by atoms with Crippen LogP contribution in [0.5, 0.6) is 17.2 Å². The Kier molecular flexibility index (Phi) is 4.94. The molecule has 2 aliphatic heterocycles. The fourth-order valence-electron chi connectivity index (χ4n) is 4.13. The molecule has 0 fully saturated rings. The molecular weight excluding hydrogens is 419 g/mol. The molecule has 2 heterocycles. The number of hydrogen-bond acceptors (Lipinski definition) is 5. The maximum absolute atomic E-state index is 14.7. The number of hydrazone groups is 1. The first-order chi connectivity index (χ1) is 15.1. The molecule has 7 heteroatoms. The number of benzene rings is 3. The van der Waals surface area contributed by atoms with Crippen LogP contribution in [0.4, 0.5) is 4.39 Å². The van der Waals surface area contributed by atoms with Gasteiger partial charge in [-0.1, -0.05) is 29.8 Å². The molecule has 0 saturated carbocycles. The third kappa shape index (κ3) is 3.37. The Balaban J connectivity index is 1.60. The van der Waals surface area contributed by atoms with Crippen LogP contribution in [-0.4, -0.2) is 24.9 Å². The topological polar surface area (TPSA) is 43.3 Å². The Morgan fingerprint density at radius 3 is 2.58 bits per heavy atom. The maximum atomic E-state index is 14.7. The molecule has 0 radical (unpaired) electrons. The first-order valence-electron chi connectivity index (χ1n) is 9.88. The summed E-state index contributed by atoms with van der Waals surface area (Å²) < 4.78 is 31.7. The van der Waals surface area contributed by atoms with Gasteiger partial charge in [0.1, 0.15) is 11.6 Å². The summed E-state index contributed by atoms with van der Waals surface area (Å²) >= 11 is 6.27. The molecular formula is C24H20ClFN2O3. The number of hydrogen-bond donors (Lipinski definition) is 0. The van der Waals surface area contributed by atoms with Crippen LogP contribution in [0.2, 0.25) is 5.02 Å². The van der Waals surface area contributed by atoms with Crippen molar-refractivity contribution < 1.29 is 18.6 Å². The van der Waals surface area contributed by atoms with E-state index in [0.29, 0.717) is 34.3 Å². The summed E-state index contributed by atoms with van der Waals surface area (Å²) in [4.78, 5) is 0. The summed E-state index contributed by atoms with van der Waals surface area (Å²) in [6.07, 6.45) is -0.0607. The van der Waals surface area contributed by atoms with Crippen LogP contribution < -0.4 is 14.2 Å². The van der Waals surface area contributed by atoms with Gasteiger partial charge in [-0.25, -0.2) is 9.40 Å². The van der Waals surface area contributed by atoms with Gasteiger partial charge in [0.25, 0.3) is 0 Å². The van der Waals surface area contributed by atoms with E-state index in [2.05, 4.69) is 0 Å². The Bertz CT molecular complexity index is 1180. The first-order valence-corrected chi connectivity index (χ1v) is 10.3. The fraction of sp³-hybridized carbons (Fsp3) is 0.208. The molecule has 0 N–H and O–H groups in total. The van der Waals surface area contributed by atoms with Gasteiger partial charge in [0.2, 0.25) is 6.23 Å². The highest BCUT2D eigenvalue weighted by atomic mass is 35.5. The Labute approximate surface area is 184 Å². The van der Waals surface area contributed by atoms with E-state index >= 15 is 0 Å². The molecule has 0 amide bonds. The monoisotopic (exact) mass is 438 g/mol. The van der Waals surface area contributed by atoms with Crippen LogP contribution >= 0.6 is 11.6 Å². The van der Waals surface area contributed by atoms with Crippen molar-refractivity contribution in [3.8, 4) is 17.2 Å². The molecule has 3 aromatic rings. The van der Waals surface area contributed by atoms with Crippen molar-refractivity contribution in [3.05, 3.63) is 88.2 Å². The Morgan fingerprint density at radius 1 is 1.00 bits per heavy atom. The lowest BCUT2D eigenvalue weighted by atomic mass is 9.95. The SMILES string of the molecule is COc1ccc(C2=NN3[C@H](C2)c2cc(Cl)ccc2O[C@H]3c2ccccc2F)cc1OC. The number of rotatable bonds is 4. The van der Waals surface area contributed by atoms with Gasteiger partial charge in [0.05, 0.1) is 31.5 Å². The second kappa shape index (κ2) is 7.78. The zero-order valence-electron chi connectivity index (χ0n) is 17.0. The molecule has 0 spiro atoms. The van der Waals surface area contributed by atoms with Crippen molar-refractivity contribution in [2.75, 3.05) is 14.2 Å². The molecule has 0 aliphatic carbocycles. The lowest BCUT2D eigenvalue weighted by Gasteiger charge is -2.38. The molecule has 5 nitrogen and oxygen atoms in total. The maximum Gasteiger partial charge on any atom is 0.216 e. The van der Waals surface area contributed by atoms with Gasteiger partial charge in [-0.2, -0.15) is 5.10 Å². The first kappa shape index (κ1) is 19.7. The summed E-state index contributed by atoms with van der Waals surface area (Å²) in [5, 5.41) is 7.30. The van der Waals surface area contributed by atoms with E-state index < -0.39 is 6.23 Å².